The molecule has 0 N–H and O–H groups in total. The summed E-state index contributed by atoms with van der Waals surface area (Å²) >= 11 is 0. The summed E-state index contributed by atoms with van der Waals surface area (Å²) in [6.07, 6.45) is 1.82. The van der Waals surface area contributed by atoms with E-state index in [1.165, 1.54) is 22.7 Å². The van der Waals surface area contributed by atoms with E-state index in [2.05, 4.69) is 15.1 Å². The lowest BCUT2D eigenvalue weighted by atomic mass is 10.4. The average Bonchev–Trinajstić information content (AvgIpc) is 2.59. The molecule has 0 saturated carbocycles. The molecular weight excluding hydrogens is 177 g/mol. The number of halogens is 1. The van der Waals surface area contributed by atoms with Gasteiger partial charge in [-0.25, -0.2) is 0 Å². The van der Waals surface area contributed by atoms with Crippen molar-refractivity contribution in [3.63, 3.8) is 0 Å². The Morgan fingerprint density at radius 3 is 3.00 bits per heavy atom. The monoisotopic (exact) mass is 181 g/mol. The number of fused-ring (bicyclic) bond motifs is 1. The van der Waals surface area contributed by atoms with Gasteiger partial charge in [-0.05, 0) is 12.1 Å². The zero-order chi connectivity index (χ0) is 9.26. The fourth-order valence-corrected chi connectivity index (χ4v) is 1.02. The summed E-state index contributed by atoms with van der Waals surface area (Å²) in [7, 11) is 0. The van der Waals surface area contributed by atoms with Crippen molar-refractivity contribution in [3.8, 4) is 5.75 Å². The number of nitrogens with zero attached hydrogens (tertiary/aromatic N) is 3. The van der Waals surface area contributed by atoms with Gasteiger partial charge in [0.1, 0.15) is 0 Å². The van der Waals surface area contributed by atoms with Gasteiger partial charge in [0.25, 0.3) is 0 Å². The highest BCUT2D eigenvalue weighted by atomic mass is 19.3. The molecule has 2 heterocycles. The Hall–Kier alpha value is -1.98. The molecule has 13 heavy (non-hydrogen) atoms. The molecule has 0 saturated heterocycles. The second-order valence-corrected chi connectivity index (χ2v) is 2.35. The fourth-order valence-electron chi connectivity index (χ4n) is 1.02. The van der Waals surface area contributed by atoms with E-state index in [4.69, 9.17) is 0 Å². The van der Waals surface area contributed by atoms with E-state index in [-0.39, 0.29) is 11.6 Å². The van der Waals surface area contributed by atoms with Gasteiger partial charge in [-0.1, -0.05) is 0 Å². The molecule has 0 aliphatic carbocycles. The van der Waals surface area contributed by atoms with Crippen LogP contribution in [0.4, 0.5) is 4.53 Å². The lowest BCUT2D eigenvalue weighted by molar-refractivity contribution is -0.00672. The third kappa shape index (κ3) is 1.12. The van der Waals surface area contributed by atoms with Gasteiger partial charge in [0.15, 0.2) is 17.7 Å². The Labute approximate surface area is 71.7 Å². The van der Waals surface area contributed by atoms with Crippen LogP contribution in [0.15, 0.2) is 18.3 Å². The number of carbonyl (C=O) groups excluding carboxylic acids is 1. The van der Waals surface area contributed by atoms with Crippen LogP contribution in [0.2, 0.25) is 0 Å². The summed E-state index contributed by atoms with van der Waals surface area (Å²) in [6.45, 7) is 0. The minimum atomic E-state index is -0.00426. The summed E-state index contributed by atoms with van der Waals surface area (Å²) in [4.78, 5) is 13.9. The van der Waals surface area contributed by atoms with Crippen LogP contribution in [0.3, 0.4) is 0 Å². The van der Waals surface area contributed by atoms with Crippen LogP contribution in [0, 0.1) is 0 Å². The van der Waals surface area contributed by atoms with Crippen molar-refractivity contribution >= 4 is 11.9 Å². The number of rotatable bonds is 2. The minimum absolute atomic E-state index is 0.00426. The van der Waals surface area contributed by atoms with Crippen molar-refractivity contribution in [2.45, 2.75) is 0 Å². The third-order valence-electron chi connectivity index (χ3n) is 1.60. The summed E-state index contributed by atoms with van der Waals surface area (Å²) in [5.74, 6) is 0.101. The summed E-state index contributed by atoms with van der Waals surface area (Å²) in [6, 6.07) is 2.88. The zero-order valence-electron chi connectivity index (χ0n) is 6.35. The number of hydrogen-bond donors (Lipinski definition) is 0. The van der Waals surface area contributed by atoms with Gasteiger partial charge in [0.2, 0.25) is 5.82 Å². The highest BCUT2D eigenvalue weighted by molar-refractivity contribution is 5.70. The first kappa shape index (κ1) is 7.66. The van der Waals surface area contributed by atoms with Gasteiger partial charge in [0.05, 0.1) is 6.20 Å². The molecule has 0 bridgehead atoms. The largest absolute Gasteiger partial charge is 0.294 e. The first-order chi connectivity index (χ1) is 6.35. The number of carbonyl (C=O) groups is 1. The van der Waals surface area contributed by atoms with Gasteiger partial charge in [-0.15, -0.1) is 10.2 Å². The number of hydrogen-bond acceptors (Lipinski definition) is 4. The molecular formula is C7H4FN3O2. The Morgan fingerprint density at radius 2 is 2.31 bits per heavy atom. The Balaban J connectivity index is 2.71. The fraction of sp³-hybridized carbons (Fsp3) is 0. The average molecular weight is 181 g/mol. The van der Waals surface area contributed by atoms with Crippen LogP contribution >= 0.6 is 0 Å². The van der Waals surface area contributed by atoms with Gasteiger partial charge < -0.3 is 0 Å². The summed E-state index contributed by atoms with van der Waals surface area (Å²) in [5, 5.41) is 7.22. The van der Waals surface area contributed by atoms with E-state index in [0.29, 0.717) is 11.9 Å². The lowest BCUT2D eigenvalue weighted by Crippen LogP contribution is -1.92. The molecule has 0 aliphatic rings. The third-order valence-corrected chi connectivity index (χ3v) is 1.60. The highest BCUT2D eigenvalue weighted by Crippen LogP contribution is 2.12. The quantitative estimate of drug-likeness (QED) is 0.643. The molecule has 0 aromatic carbocycles. The van der Waals surface area contributed by atoms with Crippen molar-refractivity contribution < 1.29 is 14.3 Å². The second-order valence-electron chi connectivity index (χ2n) is 2.35. The molecule has 0 aliphatic heterocycles. The van der Waals surface area contributed by atoms with E-state index in [1.807, 2.05) is 0 Å². The Kier molecular flexibility index (Phi) is 1.66. The number of aldehydes is 1. The predicted molar refractivity (Wildman–Crippen MR) is 40.1 cm³/mol. The van der Waals surface area contributed by atoms with Crippen LogP contribution in [0.1, 0.15) is 10.6 Å². The lowest BCUT2D eigenvalue weighted by Gasteiger charge is -1.95. The molecule has 0 atom stereocenters. The number of aromatic nitrogens is 3. The van der Waals surface area contributed by atoms with Crippen LogP contribution in [-0.2, 0) is 0 Å². The Bertz CT molecular complexity index is 454. The standard InChI is InChI=1S/C7H4FN3O2/c8-13-5-1-2-6-9-10-7(4-12)11(6)3-5/h1-4H. The molecule has 2 aromatic rings. The first-order valence-electron chi connectivity index (χ1n) is 3.43. The molecule has 0 amide bonds. The molecule has 0 fully saturated rings. The van der Waals surface area contributed by atoms with Crippen molar-refractivity contribution in [1.29, 1.82) is 0 Å². The summed E-state index contributed by atoms with van der Waals surface area (Å²) < 4.78 is 13.1. The van der Waals surface area contributed by atoms with Crippen LogP contribution < -0.4 is 4.94 Å². The topological polar surface area (TPSA) is 56.5 Å². The molecule has 5 nitrogen and oxygen atoms in total. The van der Waals surface area contributed by atoms with E-state index < -0.39 is 0 Å². The second kappa shape index (κ2) is 2.81. The maximum atomic E-state index is 11.8. The van der Waals surface area contributed by atoms with Crippen LogP contribution in [0.25, 0.3) is 5.65 Å². The number of pyridine rings is 1. The molecule has 2 aromatic heterocycles. The van der Waals surface area contributed by atoms with Crippen molar-refractivity contribution in [2.24, 2.45) is 0 Å². The molecule has 66 valence electrons. The van der Waals surface area contributed by atoms with Crippen LogP contribution in [-0.4, -0.2) is 20.9 Å². The smallest absolute Gasteiger partial charge is 0.201 e. The van der Waals surface area contributed by atoms with Gasteiger partial charge in [-0.2, -0.15) is 0 Å². The van der Waals surface area contributed by atoms with Crippen molar-refractivity contribution in [1.82, 2.24) is 14.6 Å². The zero-order valence-corrected chi connectivity index (χ0v) is 6.35. The van der Waals surface area contributed by atoms with Gasteiger partial charge in [-0.3, -0.25) is 14.1 Å². The van der Waals surface area contributed by atoms with E-state index in [0.717, 1.165) is 0 Å². The summed E-state index contributed by atoms with van der Waals surface area (Å²) in [5.41, 5.74) is 0.461. The Morgan fingerprint density at radius 1 is 1.46 bits per heavy atom. The normalized spacial score (nSPS) is 10.2. The SMILES string of the molecule is O=Cc1nnc2ccc(OF)cn12. The minimum Gasteiger partial charge on any atom is -0.294 e. The maximum absolute atomic E-state index is 11.8. The molecule has 0 unspecified atom stereocenters. The predicted octanol–water partition coefficient (Wildman–Crippen LogP) is 0.805. The van der Waals surface area contributed by atoms with E-state index in [9.17, 15) is 9.32 Å². The molecule has 6 heteroatoms. The maximum Gasteiger partial charge on any atom is 0.201 e. The highest BCUT2D eigenvalue weighted by Gasteiger charge is 2.04. The van der Waals surface area contributed by atoms with E-state index in [1.54, 1.807) is 0 Å². The van der Waals surface area contributed by atoms with Crippen LogP contribution in [0.5, 0.6) is 5.75 Å². The molecule has 0 spiro atoms. The van der Waals surface area contributed by atoms with Gasteiger partial charge >= 0.3 is 0 Å². The van der Waals surface area contributed by atoms with E-state index >= 15 is 0 Å². The van der Waals surface area contributed by atoms with Gasteiger partial charge in [0, 0.05) is 4.53 Å². The van der Waals surface area contributed by atoms with Crippen molar-refractivity contribution in [3.05, 3.63) is 24.2 Å². The molecule has 2 rings (SSSR count). The first-order valence-corrected chi connectivity index (χ1v) is 3.43. The molecule has 0 radical (unpaired) electrons. The van der Waals surface area contributed by atoms with Crippen molar-refractivity contribution in [2.75, 3.05) is 0 Å².